The maximum Gasteiger partial charge on any atom is 0.106 e. The van der Waals surface area contributed by atoms with Crippen LogP contribution in [-0.4, -0.2) is 44.8 Å². The Balaban J connectivity index is 1.72. The third kappa shape index (κ3) is 2.21. The standard InChI is InChI=1S/C21H32O4/c1-19-8-5-14(23)11-13(19)3-4-15-16(19)6-9-20(2)17(15)7-10-21(20,25)18(24)12-22/h3-4,14,16-18,22-25H,5-12H2,1-2H3/t14?,16-,17-,18?,19-,20-,21-/m0/s1. The molecular weight excluding hydrogens is 316 g/mol. The van der Waals surface area contributed by atoms with Gasteiger partial charge in [-0.3, -0.25) is 0 Å². The highest BCUT2D eigenvalue weighted by Gasteiger charge is 2.64. The van der Waals surface area contributed by atoms with Crippen LogP contribution in [-0.2, 0) is 0 Å². The lowest BCUT2D eigenvalue weighted by molar-refractivity contribution is -0.165. The van der Waals surface area contributed by atoms with Crippen molar-refractivity contribution >= 4 is 0 Å². The second kappa shape index (κ2) is 5.66. The van der Waals surface area contributed by atoms with Gasteiger partial charge in [-0.15, -0.1) is 0 Å². The zero-order valence-electron chi connectivity index (χ0n) is 15.4. The van der Waals surface area contributed by atoms with Gasteiger partial charge >= 0.3 is 0 Å². The van der Waals surface area contributed by atoms with Gasteiger partial charge in [0.2, 0.25) is 0 Å². The van der Waals surface area contributed by atoms with E-state index in [0.717, 1.165) is 38.5 Å². The first-order valence-electron chi connectivity index (χ1n) is 9.87. The average Bonchev–Trinajstić information content (AvgIpc) is 2.87. The first-order chi connectivity index (χ1) is 11.8. The Kier molecular flexibility index (Phi) is 4.01. The predicted molar refractivity (Wildman–Crippen MR) is 95.7 cm³/mol. The molecule has 4 aliphatic rings. The summed E-state index contributed by atoms with van der Waals surface area (Å²) in [7, 11) is 0. The molecule has 0 bridgehead atoms. The van der Waals surface area contributed by atoms with Crippen molar-refractivity contribution in [2.24, 2.45) is 22.7 Å². The molecule has 4 rings (SSSR count). The molecule has 4 aliphatic carbocycles. The summed E-state index contributed by atoms with van der Waals surface area (Å²) >= 11 is 0. The van der Waals surface area contributed by atoms with Crippen LogP contribution in [0.5, 0.6) is 0 Å². The van der Waals surface area contributed by atoms with Gasteiger partial charge in [-0.25, -0.2) is 0 Å². The predicted octanol–water partition coefficient (Wildman–Crippen LogP) is 2.31. The summed E-state index contributed by atoms with van der Waals surface area (Å²) in [5, 5.41) is 41.1. The van der Waals surface area contributed by atoms with Crippen LogP contribution in [0, 0.1) is 22.7 Å². The molecule has 4 nitrogen and oxygen atoms in total. The molecule has 0 spiro atoms. The smallest absolute Gasteiger partial charge is 0.106 e. The molecule has 0 saturated heterocycles. The summed E-state index contributed by atoms with van der Waals surface area (Å²) in [6.45, 7) is 4.07. The fraction of sp³-hybridized carbons (Fsp3) is 0.810. The molecule has 0 aromatic carbocycles. The molecule has 140 valence electrons. The van der Waals surface area contributed by atoms with Gasteiger partial charge in [-0.2, -0.15) is 0 Å². The van der Waals surface area contributed by atoms with Crippen LogP contribution in [0.4, 0.5) is 0 Å². The van der Waals surface area contributed by atoms with Gasteiger partial charge in [0.05, 0.1) is 18.3 Å². The van der Waals surface area contributed by atoms with E-state index in [4.69, 9.17) is 0 Å². The minimum absolute atomic E-state index is 0.126. The Morgan fingerprint density at radius 3 is 2.52 bits per heavy atom. The molecule has 0 amide bonds. The third-order valence-electron chi connectivity index (χ3n) is 8.49. The van der Waals surface area contributed by atoms with Crippen LogP contribution in [0.25, 0.3) is 0 Å². The molecule has 25 heavy (non-hydrogen) atoms. The SMILES string of the molecule is C[C@]12CCC(O)CC1=CC=C1[C@@H]2CC[C@@]2(C)[C@H]1CC[C@]2(O)C(O)CO. The monoisotopic (exact) mass is 348 g/mol. The largest absolute Gasteiger partial charge is 0.394 e. The van der Waals surface area contributed by atoms with Crippen LogP contribution in [0.2, 0.25) is 0 Å². The second-order valence-electron chi connectivity index (χ2n) is 9.40. The second-order valence-corrected chi connectivity index (χ2v) is 9.40. The van der Waals surface area contributed by atoms with Crippen LogP contribution < -0.4 is 0 Å². The van der Waals surface area contributed by atoms with Gasteiger partial charge in [-0.1, -0.05) is 37.1 Å². The lowest BCUT2D eigenvalue weighted by Crippen LogP contribution is -2.57. The lowest BCUT2D eigenvalue weighted by Gasteiger charge is -2.56. The maximum absolute atomic E-state index is 11.3. The zero-order chi connectivity index (χ0) is 18.0. The number of rotatable bonds is 2. The van der Waals surface area contributed by atoms with Crippen LogP contribution in [0.15, 0.2) is 23.3 Å². The van der Waals surface area contributed by atoms with E-state index in [1.807, 2.05) is 0 Å². The fourth-order valence-electron chi connectivity index (χ4n) is 6.74. The summed E-state index contributed by atoms with van der Waals surface area (Å²) in [5.41, 5.74) is 1.35. The quantitative estimate of drug-likeness (QED) is 0.617. The Bertz CT molecular complexity index is 625. The normalized spacial score (nSPS) is 50.2. The highest BCUT2D eigenvalue weighted by molar-refractivity contribution is 5.39. The topological polar surface area (TPSA) is 80.9 Å². The molecule has 0 aliphatic heterocycles. The molecule has 0 aromatic rings. The summed E-state index contributed by atoms with van der Waals surface area (Å²) < 4.78 is 0. The Morgan fingerprint density at radius 2 is 1.80 bits per heavy atom. The van der Waals surface area contributed by atoms with Crippen molar-refractivity contribution in [3.05, 3.63) is 23.3 Å². The molecule has 0 aromatic heterocycles. The van der Waals surface area contributed by atoms with Gasteiger partial charge < -0.3 is 20.4 Å². The average molecular weight is 348 g/mol. The molecule has 0 radical (unpaired) electrons. The first-order valence-corrected chi connectivity index (χ1v) is 9.87. The number of allylic oxidation sites excluding steroid dienone is 3. The Hall–Kier alpha value is -0.680. The number of hydrogen-bond acceptors (Lipinski definition) is 4. The van der Waals surface area contributed by atoms with E-state index in [-0.39, 0.29) is 29.5 Å². The van der Waals surface area contributed by atoms with Crippen molar-refractivity contribution in [2.45, 2.75) is 76.6 Å². The van der Waals surface area contributed by atoms with Crippen LogP contribution >= 0.6 is 0 Å². The molecular formula is C21H32O4. The highest BCUT2D eigenvalue weighted by Crippen LogP contribution is 2.66. The summed E-state index contributed by atoms with van der Waals surface area (Å²) in [6.07, 6.45) is 9.16. The Labute approximate surface area is 150 Å². The van der Waals surface area contributed by atoms with Gasteiger partial charge in [0.25, 0.3) is 0 Å². The summed E-state index contributed by atoms with van der Waals surface area (Å²) in [5.74, 6) is 0.741. The van der Waals surface area contributed by atoms with Gasteiger partial charge in [0.1, 0.15) is 6.10 Å². The van der Waals surface area contributed by atoms with Crippen LogP contribution in [0.3, 0.4) is 0 Å². The van der Waals surface area contributed by atoms with Gasteiger partial charge in [0.15, 0.2) is 0 Å². The fourth-order valence-corrected chi connectivity index (χ4v) is 6.74. The lowest BCUT2D eigenvalue weighted by atomic mass is 9.49. The van der Waals surface area contributed by atoms with Gasteiger partial charge in [0, 0.05) is 5.41 Å². The number of hydrogen-bond donors (Lipinski definition) is 4. The van der Waals surface area contributed by atoms with E-state index >= 15 is 0 Å². The van der Waals surface area contributed by atoms with Crippen molar-refractivity contribution in [1.29, 1.82) is 0 Å². The highest BCUT2D eigenvalue weighted by atomic mass is 16.4. The molecule has 3 saturated carbocycles. The van der Waals surface area contributed by atoms with Crippen molar-refractivity contribution in [3.8, 4) is 0 Å². The van der Waals surface area contributed by atoms with E-state index in [1.165, 1.54) is 11.1 Å². The number of aliphatic hydroxyl groups excluding tert-OH is 3. The minimum Gasteiger partial charge on any atom is -0.394 e. The molecule has 3 fully saturated rings. The number of fused-ring (bicyclic) bond motifs is 5. The van der Waals surface area contributed by atoms with E-state index in [2.05, 4.69) is 26.0 Å². The molecule has 7 atom stereocenters. The zero-order valence-corrected chi connectivity index (χ0v) is 15.4. The van der Waals surface area contributed by atoms with Gasteiger partial charge in [-0.05, 0) is 62.2 Å². The summed E-state index contributed by atoms with van der Waals surface area (Å²) in [4.78, 5) is 0. The van der Waals surface area contributed by atoms with Crippen LogP contribution in [0.1, 0.15) is 58.8 Å². The minimum atomic E-state index is -1.20. The Morgan fingerprint density at radius 1 is 1.08 bits per heavy atom. The number of aliphatic hydroxyl groups is 4. The molecule has 4 N–H and O–H groups in total. The van der Waals surface area contributed by atoms with E-state index in [0.29, 0.717) is 12.3 Å². The summed E-state index contributed by atoms with van der Waals surface area (Å²) in [6, 6.07) is 0. The van der Waals surface area contributed by atoms with Crippen molar-refractivity contribution in [1.82, 2.24) is 0 Å². The third-order valence-corrected chi connectivity index (χ3v) is 8.49. The first kappa shape index (κ1) is 17.7. The molecule has 4 heteroatoms. The maximum atomic E-state index is 11.3. The molecule has 2 unspecified atom stereocenters. The van der Waals surface area contributed by atoms with E-state index < -0.39 is 11.7 Å². The van der Waals surface area contributed by atoms with Crippen molar-refractivity contribution in [2.75, 3.05) is 6.61 Å². The van der Waals surface area contributed by atoms with Crippen molar-refractivity contribution in [3.63, 3.8) is 0 Å². The van der Waals surface area contributed by atoms with E-state index in [1.54, 1.807) is 0 Å². The van der Waals surface area contributed by atoms with E-state index in [9.17, 15) is 20.4 Å². The molecule has 0 heterocycles. The van der Waals surface area contributed by atoms with Crippen molar-refractivity contribution < 1.29 is 20.4 Å².